The van der Waals surface area contributed by atoms with Crippen LogP contribution in [0.25, 0.3) is 33.2 Å². The number of hydrogen-bond donors (Lipinski definition) is 0. The fourth-order valence-electron chi connectivity index (χ4n) is 3.61. The first kappa shape index (κ1) is 17.5. The maximum absolute atomic E-state index is 9.20. The summed E-state index contributed by atoms with van der Waals surface area (Å²) in [5, 5.41) is 12.8. The topological polar surface area (TPSA) is 40.8 Å². The molecule has 2 heterocycles. The number of aromatic nitrogens is 1. The number of nitrogens with zero attached hydrogens (tertiary/aromatic N) is 2. The number of aryl methyl sites for hydroxylation is 2. The Morgan fingerprint density at radius 2 is 1.74 bits per heavy atom. The van der Waals surface area contributed by atoms with Gasteiger partial charge in [0.05, 0.1) is 25.3 Å². The first-order valence-electron chi connectivity index (χ1n) is 9.16. The number of pyridine rings is 1. The average Bonchev–Trinajstić information content (AvgIpc) is 2.99. The van der Waals surface area contributed by atoms with Crippen molar-refractivity contribution >= 4 is 35.2 Å². The number of hydrogen-bond acceptors (Lipinski definition) is 2. The minimum absolute atomic E-state index is 0.617. The molecule has 4 heteroatoms. The summed E-state index contributed by atoms with van der Waals surface area (Å²) in [6.45, 7) is 9.22. The monoisotopic (exact) mass is 371 g/mol. The van der Waals surface area contributed by atoms with Gasteiger partial charge in [-0.3, -0.25) is 0 Å². The zero-order chi connectivity index (χ0) is 19.3. The first-order valence-corrected chi connectivity index (χ1v) is 12.7. The molecular formula is C23H23N2OSi+. The van der Waals surface area contributed by atoms with E-state index in [1.165, 1.54) is 10.8 Å². The average molecular weight is 372 g/mol. The molecule has 0 aliphatic rings. The highest BCUT2D eigenvalue weighted by molar-refractivity contribution is 6.88. The van der Waals surface area contributed by atoms with Crippen LogP contribution in [0.4, 0.5) is 0 Å². The molecule has 2 aromatic carbocycles. The molecule has 134 valence electrons. The van der Waals surface area contributed by atoms with Gasteiger partial charge in [-0.15, -0.1) is 0 Å². The summed E-state index contributed by atoms with van der Waals surface area (Å²) in [5.41, 5.74) is 5.75. The summed E-state index contributed by atoms with van der Waals surface area (Å²) in [4.78, 5) is 0. The Balaban J connectivity index is 2.08. The van der Waals surface area contributed by atoms with Gasteiger partial charge in [-0.2, -0.15) is 5.26 Å². The van der Waals surface area contributed by atoms with E-state index in [0.29, 0.717) is 5.56 Å². The molecule has 0 bridgehead atoms. The van der Waals surface area contributed by atoms with Gasteiger partial charge in [0.2, 0.25) is 5.69 Å². The van der Waals surface area contributed by atoms with Gasteiger partial charge < -0.3 is 4.42 Å². The molecule has 0 unspecified atom stereocenters. The number of rotatable bonds is 2. The number of fused-ring (bicyclic) bond motifs is 3. The van der Waals surface area contributed by atoms with E-state index < -0.39 is 8.07 Å². The lowest BCUT2D eigenvalue weighted by Gasteiger charge is -2.16. The van der Waals surface area contributed by atoms with Crippen molar-refractivity contribution in [3.8, 4) is 17.3 Å². The van der Waals surface area contributed by atoms with E-state index in [1.807, 2.05) is 18.2 Å². The third-order valence-electron chi connectivity index (χ3n) is 5.25. The molecule has 0 radical (unpaired) electrons. The summed E-state index contributed by atoms with van der Waals surface area (Å²) >= 11 is 0. The van der Waals surface area contributed by atoms with E-state index in [2.05, 4.69) is 74.7 Å². The maximum Gasteiger partial charge on any atom is 0.216 e. The fraction of sp³-hybridized carbons (Fsp3) is 0.217. The highest BCUT2D eigenvalue weighted by atomic mass is 28.3. The zero-order valence-electron chi connectivity index (χ0n) is 16.4. The van der Waals surface area contributed by atoms with Crippen LogP contribution in [0.3, 0.4) is 0 Å². The van der Waals surface area contributed by atoms with E-state index in [-0.39, 0.29) is 0 Å². The van der Waals surface area contributed by atoms with Crippen molar-refractivity contribution in [2.24, 2.45) is 7.05 Å². The van der Waals surface area contributed by atoms with Gasteiger partial charge in [0.1, 0.15) is 18.2 Å². The van der Waals surface area contributed by atoms with E-state index in [1.54, 1.807) is 0 Å². The minimum atomic E-state index is -1.43. The van der Waals surface area contributed by atoms with Gasteiger partial charge in [0, 0.05) is 22.9 Å². The zero-order valence-corrected chi connectivity index (χ0v) is 17.4. The van der Waals surface area contributed by atoms with Crippen LogP contribution in [0.2, 0.25) is 19.6 Å². The third kappa shape index (κ3) is 2.85. The lowest BCUT2D eigenvalue weighted by atomic mass is 10.0. The number of furan rings is 1. The van der Waals surface area contributed by atoms with Crippen LogP contribution in [0.1, 0.15) is 11.1 Å². The largest absolute Gasteiger partial charge is 0.455 e. The lowest BCUT2D eigenvalue weighted by Crippen LogP contribution is -2.42. The molecule has 0 spiro atoms. The van der Waals surface area contributed by atoms with Crippen molar-refractivity contribution in [2.75, 3.05) is 0 Å². The van der Waals surface area contributed by atoms with Gasteiger partial charge in [-0.1, -0.05) is 31.8 Å². The molecule has 2 aromatic heterocycles. The number of nitriles is 1. The Kier molecular flexibility index (Phi) is 3.94. The SMILES string of the molecule is Cc1ccc2c(oc3cc(C#N)ccc32)c1-c1cc([Si](C)(C)C)cc[n+]1C. The molecule has 0 atom stereocenters. The smallest absolute Gasteiger partial charge is 0.216 e. The Hall–Kier alpha value is -2.90. The standard InChI is InChI=1S/C23H23N2OSi/c1-15-6-8-19-18-9-7-16(14-24)12-21(18)26-23(19)22(15)20-13-17(27(3,4)5)10-11-25(20)2/h6-13H,1-5H3/q+1. The summed E-state index contributed by atoms with van der Waals surface area (Å²) in [5.74, 6) is 0. The first-order chi connectivity index (χ1) is 12.8. The second-order valence-corrected chi connectivity index (χ2v) is 13.3. The minimum Gasteiger partial charge on any atom is -0.455 e. The summed E-state index contributed by atoms with van der Waals surface area (Å²) in [6, 6.07) is 16.7. The predicted octanol–water partition coefficient (Wildman–Crippen LogP) is 4.80. The highest BCUT2D eigenvalue weighted by Gasteiger charge is 2.24. The van der Waals surface area contributed by atoms with Crippen molar-refractivity contribution in [3.05, 3.63) is 59.8 Å². The van der Waals surface area contributed by atoms with Crippen LogP contribution in [0.5, 0.6) is 0 Å². The molecule has 0 fully saturated rings. The number of benzene rings is 2. The fourth-order valence-corrected chi connectivity index (χ4v) is 4.76. The van der Waals surface area contributed by atoms with Gasteiger partial charge in [-0.25, -0.2) is 4.57 Å². The van der Waals surface area contributed by atoms with Gasteiger partial charge >= 0.3 is 0 Å². The van der Waals surface area contributed by atoms with Crippen molar-refractivity contribution < 1.29 is 8.98 Å². The molecule has 27 heavy (non-hydrogen) atoms. The van der Waals surface area contributed by atoms with Crippen LogP contribution in [0.15, 0.2) is 53.1 Å². The van der Waals surface area contributed by atoms with Crippen molar-refractivity contribution in [2.45, 2.75) is 26.6 Å². The Bertz CT molecular complexity index is 1240. The van der Waals surface area contributed by atoms with Gasteiger partial charge in [0.15, 0.2) is 6.20 Å². The summed E-state index contributed by atoms with van der Waals surface area (Å²) in [7, 11) is 0.652. The molecule has 3 nitrogen and oxygen atoms in total. The highest BCUT2D eigenvalue weighted by Crippen LogP contribution is 2.37. The molecule has 4 aromatic rings. The van der Waals surface area contributed by atoms with Crippen LogP contribution in [-0.2, 0) is 7.05 Å². The molecular weight excluding hydrogens is 348 g/mol. The van der Waals surface area contributed by atoms with Crippen molar-refractivity contribution in [1.29, 1.82) is 5.26 Å². The lowest BCUT2D eigenvalue weighted by molar-refractivity contribution is -0.660. The van der Waals surface area contributed by atoms with Crippen molar-refractivity contribution in [1.82, 2.24) is 0 Å². The molecule has 0 N–H and O–H groups in total. The molecule has 0 saturated heterocycles. The molecule has 0 saturated carbocycles. The van der Waals surface area contributed by atoms with Crippen LogP contribution in [-0.4, -0.2) is 8.07 Å². The van der Waals surface area contributed by atoms with E-state index in [4.69, 9.17) is 4.42 Å². The van der Waals surface area contributed by atoms with Gasteiger partial charge in [-0.05, 0) is 35.9 Å². The summed E-state index contributed by atoms with van der Waals surface area (Å²) in [6.07, 6.45) is 2.15. The predicted molar refractivity (Wildman–Crippen MR) is 113 cm³/mol. The Labute approximate surface area is 160 Å². The normalized spacial score (nSPS) is 11.9. The molecule has 0 amide bonds. The van der Waals surface area contributed by atoms with Crippen LogP contribution >= 0.6 is 0 Å². The molecule has 4 rings (SSSR count). The molecule has 0 aliphatic carbocycles. The maximum atomic E-state index is 9.20. The second-order valence-electron chi connectivity index (χ2n) is 8.22. The summed E-state index contributed by atoms with van der Waals surface area (Å²) < 4.78 is 8.45. The quantitative estimate of drug-likeness (QED) is 0.375. The van der Waals surface area contributed by atoms with Crippen LogP contribution < -0.4 is 9.75 Å². The van der Waals surface area contributed by atoms with E-state index in [9.17, 15) is 5.26 Å². The molecule has 0 aliphatic heterocycles. The van der Waals surface area contributed by atoms with E-state index >= 15 is 0 Å². The Morgan fingerprint density at radius 3 is 2.44 bits per heavy atom. The Morgan fingerprint density at radius 1 is 1.00 bits per heavy atom. The second kappa shape index (κ2) is 6.07. The van der Waals surface area contributed by atoms with E-state index in [0.717, 1.165) is 33.2 Å². The van der Waals surface area contributed by atoms with Crippen LogP contribution in [0, 0.1) is 18.3 Å². The third-order valence-corrected chi connectivity index (χ3v) is 7.29. The van der Waals surface area contributed by atoms with Crippen molar-refractivity contribution in [3.63, 3.8) is 0 Å². The van der Waals surface area contributed by atoms with Gasteiger partial charge in [0.25, 0.3) is 0 Å².